The zero-order valence-corrected chi connectivity index (χ0v) is 8.22. The van der Waals surface area contributed by atoms with Crippen molar-refractivity contribution in [3.8, 4) is 0 Å². The highest BCUT2D eigenvalue weighted by molar-refractivity contribution is 5.31. The van der Waals surface area contributed by atoms with Gasteiger partial charge in [0.1, 0.15) is 5.82 Å². The first kappa shape index (κ1) is 9.61. The van der Waals surface area contributed by atoms with Crippen LogP contribution >= 0.6 is 0 Å². The molecule has 0 amide bonds. The number of aromatic nitrogens is 2. The van der Waals surface area contributed by atoms with E-state index in [1.807, 2.05) is 36.4 Å². The second kappa shape index (κ2) is 5.07. The monoisotopic (exact) mass is 200 g/mol. The van der Waals surface area contributed by atoms with Crippen molar-refractivity contribution in [2.75, 3.05) is 5.43 Å². The maximum atomic E-state index is 4.19. The average molecular weight is 200 g/mol. The summed E-state index contributed by atoms with van der Waals surface area (Å²) in [5.74, 6) is 0.799. The first-order valence-electron chi connectivity index (χ1n) is 4.75. The van der Waals surface area contributed by atoms with Crippen molar-refractivity contribution in [1.29, 1.82) is 0 Å². The van der Waals surface area contributed by atoms with E-state index in [4.69, 9.17) is 0 Å². The molecule has 0 aliphatic carbocycles. The highest BCUT2D eigenvalue weighted by Gasteiger charge is 1.92. The molecule has 76 valence electrons. The highest BCUT2D eigenvalue weighted by atomic mass is 15.4. The van der Waals surface area contributed by atoms with Crippen molar-refractivity contribution in [3.05, 3.63) is 54.5 Å². The smallest absolute Gasteiger partial charge is 0.140 e. The van der Waals surface area contributed by atoms with Gasteiger partial charge in [-0.05, 0) is 24.3 Å². The molecule has 0 saturated carbocycles. The molecule has 15 heavy (non-hydrogen) atoms. The Morgan fingerprint density at radius 2 is 1.73 bits per heavy atom. The Morgan fingerprint density at radius 3 is 2.40 bits per heavy atom. The van der Waals surface area contributed by atoms with Gasteiger partial charge in [-0.3, -0.25) is 4.98 Å². The minimum atomic E-state index is 0.664. The number of rotatable bonds is 4. The lowest BCUT2D eigenvalue weighted by atomic mass is 10.3. The van der Waals surface area contributed by atoms with Gasteiger partial charge < -0.3 is 5.43 Å². The summed E-state index contributed by atoms with van der Waals surface area (Å²) in [6.45, 7) is 0.664. The predicted octanol–water partition coefficient (Wildman–Crippen LogP) is 1.59. The standard InChI is InChI=1S/C11H12N4/c1-3-7-12-10(5-1)9-14-15-11-6-2-4-8-13-11/h1-8,14H,9H2,(H,13,15). The van der Waals surface area contributed by atoms with E-state index in [0.717, 1.165) is 11.5 Å². The second-order valence-corrected chi connectivity index (χ2v) is 3.01. The predicted molar refractivity (Wildman–Crippen MR) is 58.9 cm³/mol. The van der Waals surface area contributed by atoms with E-state index in [2.05, 4.69) is 20.8 Å². The molecule has 0 aliphatic rings. The molecule has 2 N–H and O–H groups in total. The van der Waals surface area contributed by atoms with Crippen LogP contribution in [0.5, 0.6) is 0 Å². The summed E-state index contributed by atoms with van der Waals surface area (Å²) in [6.07, 6.45) is 3.52. The number of pyridine rings is 2. The Hall–Kier alpha value is -1.94. The normalized spacial score (nSPS) is 9.87. The molecule has 2 heterocycles. The van der Waals surface area contributed by atoms with E-state index >= 15 is 0 Å². The van der Waals surface area contributed by atoms with E-state index in [1.54, 1.807) is 12.4 Å². The molecule has 0 aromatic carbocycles. The molecule has 2 aromatic heterocycles. The molecule has 0 radical (unpaired) electrons. The van der Waals surface area contributed by atoms with E-state index in [1.165, 1.54) is 0 Å². The third-order valence-corrected chi connectivity index (χ3v) is 1.88. The molecule has 0 bridgehead atoms. The van der Waals surface area contributed by atoms with Crippen LogP contribution in [0.3, 0.4) is 0 Å². The van der Waals surface area contributed by atoms with E-state index < -0.39 is 0 Å². The molecule has 0 atom stereocenters. The molecule has 4 heteroatoms. The van der Waals surface area contributed by atoms with E-state index in [0.29, 0.717) is 6.54 Å². The Balaban J connectivity index is 1.81. The van der Waals surface area contributed by atoms with Crippen molar-refractivity contribution < 1.29 is 0 Å². The number of hydrazine groups is 1. The minimum Gasteiger partial charge on any atom is -0.305 e. The molecule has 2 aromatic rings. The van der Waals surface area contributed by atoms with Crippen LogP contribution in [-0.4, -0.2) is 9.97 Å². The largest absolute Gasteiger partial charge is 0.305 e. The summed E-state index contributed by atoms with van der Waals surface area (Å²) in [4.78, 5) is 8.30. The molecule has 0 saturated heterocycles. The summed E-state index contributed by atoms with van der Waals surface area (Å²) < 4.78 is 0. The van der Waals surface area contributed by atoms with Crippen LogP contribution in [0.4, 0.5) is 5.82 Å². The summed E-state index contributed by atoms with van der Waals surface area (Å²) in [5, 5.41) is 0. The average Bonchev–Trinajstić information content (AvgIpc) is 2.32. The lowest BCUT2D eigenvalue weighted by molar-refractivity contribution is 0.772. The molecule has 4 nitrogen and oxygen atoms in total. The SMILES string of the molecule is c1ccc(CNNc2ccccn2)nc1. The fraction of sp³-hybridized carbons (Fsp3) is 0.0909. The zero-order valence-electron chi connectivity index (χ0n) is 8.22. The van der Waals surface area contributed by atoms with Gasteiger partial charge in [-0.25, -0.2) is 10.4 Å². The van der Waals surface area contributed by atoms with Crippen molar-refractivity contribution in [2.24, 2.45) is 0 Å². The van der Waals surface area contributed by atoms with Crippen LogP contribution in [0.2, 0.25) is 0 Å². The first-order chi connectivity index (χ1) is 7.45. The van der Waals surface area contributed by atoms with Crippen LogP contribution in [0.1, 0.15) is 5.69 Å². The molecule has 0 spiro atoms. The summed E-state index contributed by atoms with van der Waals surface area (Å²) in [5.41, 5.74) is 7.02. The number of nitrogens with one attached hydrogen (secondary N) is 2. The Kier molecular flexibility index (Phi) is 3.25. The third-order valence-electron chi connectivity index (χ3n) is 1.88. The van der Waals surface area contributed by atoms with Crippen molar-refractivity contribution in [2.45, 2.75) is 6.54 Å². The fourth-order valence-corrected chi connectivity index (χ4v) is 1.16. The number of hydrogen-bond donors (Lipinski definition) is 2. The van der Waals surface area contributed by atoms with Gasteiger partial charge in [0, 0.05) is 12.4 Å². The molecule has 2 rings (SSSR count). The topological polar surface area (TPSA) is 49.8 Å². The van der Waals surface area contributed by atoms with Crippen molar-refractivity contribution >= 4 is 5.82 Å². The van der Waals surface area contributed by atoms with Crippen LogP contribution in [0.25, 0.3) is 0 Å². The van der Waals surface area contributed by atoms with Gasteiger partial charge >= 0.3 is 0 Å². The lowest BCUT2D eigenvalue weighted by Crippen LogP contribution is -2.21. The van der Waals surface area contributed by atoms with Gasteiger partial charge in [0.2, 0.25) is 0 Å². The quantitative estimate of drug-likeness (QED) is 0.736. The molecular formula is C11H12N4. The Bertz CT molecular complexity index is 348. The third kappa shape index (κ3) is 3.03. The van der Waals surface area contributed by atoms with Crippen LogP contribution in [0, 0.1) is 0 Å². The molecule has 0 unspecified atom stereocenters. The van der Waals surface area contributed by atoms with Gasteiger partial charge in [-0.15, -0.1) is 0 Å². The Labute approximate surface area is 88.4 Å². The van der Waals surface area contributed by atoms with E-state index in [9.17, 15) is 0 Å². The number of nitrogens with zero attached hydrogens (tertiary/aromatic N) is 2. The number of hydrogen-bond acceptors (Lipinski definition) is 4. The van der Waals surface area contributed by atoms with E-state index in [-0.39, 0.29) is 0 Å². The van der Waals surface area contributed by atoms with Gasteiger partial charge in [0.05, 0.1) is 12.2 Å². The summed E-state index contributed by atoms with van der Waals surface area (Å²) in [7, 11) is 0. The molecule has 0 aliphatic heterocycles. The second-order valence-electron chi connectivity index (χ2n) is 3.01. The maximum Gasteiger partial charge on any atom is 0.140 e. The van der Waals surface area contributed by atoms with Crippen LogP contribution in [-0.2, 0) is 6.54 Å². The van der Waals surface area contributed by atoms with Gasteiger partial charge in [-0.2, -0.15) is 0 Å². The van der Waals surface area contributed by atoms with Gasteiger partial charge in [-0.1, -0.05) is 12.1 Å². The molecule has 0 fully saturated rings. The zero-order chi connectivity index (χ0) is 10.3. The first-order valence-corrected chi connectivity index (χ1v) is 4.75. The fourth-order valence-electron chi connectivity index (χ4n) is 1.16. The lowest BCUT2D eigenvalue weighted by Gasteiger charge is -2.06. The van der Waals surface area contributed by atoms with Gasteiger partial charge in [0.15, 0.2) is 0 Å². The highest BCUT2D eigenvalue weighted by Crippen LogP contribution is 1.98. The number of anilines is 1. The molecular weight excluding hydrogens is 188 g/mol. The van der Waals surface area contributed by atoms with Crippen LogP contribution in [0.15, 0.2) is 48.8 Å². The van der Waals surface area contributed by atoms with Gasteiger partial charge in [0.25, 0.3) is 0 Å². The summed E-state index contributed by atoms with van der Waals surface area (Å²) >= 11 is 0. The Morgan fingerprint density at radius 1 is 0.933 bits per heavy atom. The van der Waals surface area contributed by atoms with Crippen LogP contribution < -0.4 is 10.9 Å². The van der Waals surface area contributed by atoms with Crippen molar-refractivity contribution in [1.82, 2.24) is 15.4 Å². The minimum absolute atomic E-state index is 0.664. The summed E-state index contributed by atoms with van der Waals surface area (Å²) in [6, 6.07) is 11.5. The van der Waals surface area contributed by atoms with Crippen molar-refractivity contribution in [3.63, 3.8) is 0 Å². The maximum absolute atomic E-state index is 4.19.